The second-order valence-electron chi connectivity index (χ2n) is 3.85. The Labute approximate surface area is 127 Å². The molecule has 7 heteroatoms. The summed E-state index contributed by atoms with van der Waals surface area (Å²) in [7, 11) is 0. The first-order valence-corrected chi connectivity index (χ1v) is 7.30. The van der Waals surface area contributed by atoms with Crippen LogP contribution in [0.25, 0.3) is 0 Å². The summed E-state index contributed by atoms with van der Waals surface area (Å²) in [5, 5.41) is 2.77. The molecule has 0 atom stereocenters. The zero-order valence-corrected chi connectivity index (χ0v) is 13.5. The van der Waals surface area contributed by atoms with E-state index in [0.717, 1.165) is 14.5 Å². The van der Waals surface area contributed by atoms with E-state index in [1.807, 2.05) is 19.1 Å². The SMILES string of the molecule is CCOc1c(Br)cc(Br)cc1CNCCC(F)(F)F. The third kappa shape index (κ3) is 6.14. The number of halogens is 5. The van der Waals surface area contributed by atoms with Crippen molar-refractivity contribution in [3.8, 4) is 5.75 Å². The molecular weight excluding hydrogens is 391 g/mol. The van der Waals surface area contributed by atoms with Crippen LogP contribution < -0.4 is 10.1 Å². The minimum atomic E-state index is -4.13. The van der Waals surface area contributed by atoms with Crippen molar-refractivity contribution in [1.29, 1.82) is 0 Å². The molecule has 0 bridgehead atoms. The molecule has 0 aromatic heterocycles. The maximum atomic E-state index is 12.0. The van der Waals surface area contributed by atoms with Crippen molar-refractivity contribution in [2.75, 3.05) is 13.2 Å². The van der Waals surface area contributed by atoms with Crippen molar-refractivity contribution in [2.24, 2.45) is 0 Å². The Morgan fingerprint density at radius 2 is 1.95 bits per heavy atom. The van der Waals surface area contributed by atoms with Crippen LogP contribution in [0.4, 0.5) is 13.2 Å². The number of ether oxygens (including phenoxy) is 1. The fourth-order valence-corrected chi connectivity index (χ4v) is 2.93. The largest absolute Gasteiger partial charge is 0.492 e. The highest BCUT2D eigenvalue weighted by Gasteiger charge is 2.26. The number of nitrogens with one attached hydrogen (secondary N) is 1. The van der Waals surface area contributed by atoms with Crippen molar-refractivity contribution in [3.63, 3.8) is 0 Å². The smallest absolute Gasteiger partial charge is 0.390 e. The van der Waals surface area contributed by atoms with Crippen LogP contribution in [0.15, 0.2) is 21.1 Å². The summed E-state index contributed by atoms with van der Waals surface area (Å²) < 4.78 is 43.2. The van der Waals surface area contributed by atoms with Gasteiger partial charge in [-0.2, -0.15) is 13.2 Å². The normalized spacial score (nSPS) is 11.7. The minimum absolute atomic E-state index is 0.112. The number of benzene rings is 1. The van der Waals surface area contributed by atoms with Crippen molar-refractivity contribution >= 4 is 31.9 Å². The fraction of sp³-hybridized carbons (Fsp3) is 0.500. The van der Waals surface area contributed by atoms with Gasteiger partial charge in [0.05, 0.1) is 17.5 Å². The number of alkyl halides is 3. The van der Waals surface area contributed by atoms with E-state index in [-0.39, 0.29) is 6.54 Å². The first-order chi connectivity index (χ1) is 8.83. The van der Waals surface area contributed by atoms with Crippen LogP contribution in [0, 0.1) is 0 Å². The highest BCUT2D eigenvalue weighted by Crippen LogP contribution is 2.33. The maximum absolute atomic E-state index is 12.0. The van der Waals surface area contributed by atoms with Crippen LogP contribution >= 0.6 is 31.9 Å². The highest BCUT2D eigenvalue weighted by molar-refractivity contribution is 9.11. The summed E-state index contributed by atoms with van der Waals surface area (Å²) in [5.41, 5.74) is 0.810. The topological polar surface area (TPSA) is 21.3 Å². The Morgan fingerprint density at radius 1 is 1.26 bits per heavy atom. The lowest BCUT2D eigenvalue weighted by Crippen LogP contribution is -2.21. The number of hydrogen-bond acceptors (Lipinski definition) is 2. The molecule has 2 nitrogen and oxygen atoms in total. The quantitative estimate of drug-likeness (QED) is 0.696. The van der Waals surface area contributed by atoms with E-state index in [2.05, 4.69) is 37.2 Å². The second-order valence-corrected chi connectivity index (χ2v) is 5.62. The van der Waals surface area contributed by atoms with Gasteiger partial charge in [-0.05, 0) is 35.0 Å². The van der Waals surface area contributed by atoms with Gasteiger partial charge in [-0.3, -0.25) is 0 Å². The molecule has 0 heterocycles. The Morgan fingerprint density at radius 3 is 2.53 bits per heavy atom. The summed E-state index contributed by atoms with van der Waals surface area (Å²) >= 11 is 6.72. The monoisotopic (exact) mass is 403 g/mol. The molecule has 0 fully saturated rings. The highest BCUT2D eigenvalue weighted by atomic mass is 79.9. The molecule has 19 heavy (non-hydrogen) atoms. The Bertz CT molecular complexity index is 424. The molecule has 0 unspecified atom stereocenters. The van der Waals surface area contributed by atoms with E-state index >= 15 is 0 Å². The van der Waals surface area contributed by atoms with Crippen molar-refractivity contribution in [2.45, 2.75) is 26.1 Å². The third-order valence-corrected chi connectivity index (χ3v) is 3.32. The first-order valence-electron chi connectivity index (χ1n) is 5.71. The third-order valence-electron chi connectivity index (χ3n) is 2.27. The van der Waals surface area contributed by atoms with Crippen LogP contribution in [-0.2, 0) is 6.54 Å². The second kappa shape index (κ2) is 7.50. The zero-order chi connectivity index (χ0) is 14.5. The first kappa shape index (κ1) is 16.8. The van der Waals surface area contributed by atoms with Gasteiger partial charge in [0.25, 0.3) is 0 Å². The van der Waals surface area contributed by atoms with Gasteiger partial charge in [0.1, 0.15) is 5.75 Å². The Kier molecular flexibility index (Phi) is 6.62. The molecular formula is C12H14Br2F3NO. The van der Waals surface area contributed by atoms with Crippen LogP contribution in [0.5, 0.6) is 5.75 Å². The lowest BCUT2D eigenvalue weighted by Gasteiger charge is -2.14. The van der Waals surface area contributed by atoms with Crippen LogP contribution in [0.2, 0.25) is 0 Å². The fourth-order valence-electron chi connectivity index (χ4n) is 1.50. The molecule has 0 aliphatic heterocycles. The Balaban J connectivity index is 2.66. The number of hydrogen-bond donors (Lipinski definition) is 1. The van der Waals surface area contributed by atoms with Crippen molar-refractivity contribution < 1.29 is 17.9 Å². The molecule has 108 valence electrons. The van der Waals surface area contributed by atoms with Gasteiger partial charge >= 0.3 is 6.18 Å². The molecule has 0 radical (unpaired) electrons. The molecule has 1 aromatic rings. The predicted octanol–water partition coefficient (Wildman–Crippen LogP) is 4.65. The van der Waals surface area contributed by atoms with Gasteiger partial charge in [-0.15, -0.1) is 0 Å². The molecule has 0 aliphatic rings. The Hall–Kier alpha value is -0.270. The lowest BCUT2D eigenvalue weighted by atomic mass is 10.2. The van der Waals surface area contributed by atoms with E-state index in [9.17, 15) is 13.2 Å². The molecule has 0 amide bonds. The summed E-state index contributed by atoms with van der Waals surface area (Å²) in [6.07, 6.45) is -4.97. The van der Waals surface area contributed by atoms with Crippen molar-refractivity contribution in [3.05, 3.63) is 26.6 Å². The van der Waals surface area contributed by atoms with Gasteiger partial charge in [0.2, 0.25) is 0 Å². The van der Waals surface area contributed by atoms with Crippen LogP contribution in [0.3, 0.4) is 0 Å². The maximum Gasteiger partial charge on any atom is 0.390 e. The summed E-state index contributed by atoms with van der Waals surface area (Å²) in [4.78, 5) is 0. The van der Waals surface area contributed by atoms with Crippen LogP contribution in [0.1, 0.15) is 18.9 Å². The van der Waals surface area contributed by atoms with E-state index < -0.39 is 12.6 Å². The van der Waals surface area contributed by atoms with E-state index in [1.165, 1.54) is 0 Å². The van der Waals surface area contributed by atoms with Gasteiger partial charge < -0.3 is 10.1 Å². The van der Waals surface area contributed by atoms with Crippen molar-refractivity contribution in [1.82, 2.24) is 5.32 Å². The molecule has 0 saturated carbocycles. The molecule has 1 rings (SSSR count). The standard InChI is InChI=1S/C12H14Br2F3NO/c1-2-19-11-8(5-9(13)6-10(11)14)7-18-4-3-12(15,16)17/h5-6,18H,2-4,7H2,1H3. The molecule has 1 N–H and O–H groups in total. The summed E-state index contributed by atoms with van der Waals surface area (Å²) in [6.45, 7) is 2.56. The molecule has 0 spiro atoms. The molecule has 0 aliphatic carbocycles. The van der Waals surface area contributed by atoms with E-state index in [4.69, 9.17) is 4.74 Å². The number of rotatable bonds is 6. The van der Waals surface area contributed by atoms with E-state index in [0.29, 0.717) is 18.9 Å². The average Bonchev–Trinajstić information content (AvgIpc) is 2.27. The predicted molar refractivity (Wildman–Crippen MR) is 75.4 cm³/mol. The minimum Gasteiger partial charge on any atom is -0.492 e. The lowest BCUT2D eigenvalue weighted by molar-refractivity contribution is -0.133. The van der Waals surface area contributed by atoms with E-state index in [1.54, 1.807) is 0 Å². The van der Waals surface area contributed by atoms with Crippen LogP contribution in [-0.4, -0.2) is 19.3 Å². The molecule has 1 aromatic carbocycles. The van der Waals surface area contributed by atoms with Gasteiger partial charge in [-0.1, -0.05) is 15.9 Å². The average molecular weight is 405 g/mol. The van der Waals surface area contributed by atoms with Gasteiger partial charge in [0, 0.05) is 23.1 Å². The molecule has 0 saturated heterocycles. The summed E-state index contributed by atoms with van der Waals surface area (Å²) in [5.74, 6) is 0.658. The van der Waals surface area contributed by atoms with Gasteiger partial charge in [-0.25, -0.2) is 0 Å². The zero-order valence-electron chi connectivity index (χ0n) is 10.3. The summed E-state index contributed by atoms with van der Waals surface area (Å²) in [6, 6.07) is 3.67. The van der Waals surface area contributed by atoms with Gasteiger partial charge in [0.15, 0.2) is 0 Å².